The average Bonchev–Trinajstić information content (AvgIpc) is 2.30. The van der Waals surface area contributed by atoms with Gasteiger partial charge in [0.1, 0.15) is 0 Å². The second-order valence-electron chi connectivity index (χ2n) is 3.39. The molecule has 1 atom stereocenters. The van der Waals surface area contributed by atoms with Gasteiger partial charge < -0.3 is 4.74 Å². The number of halogens is 1. The predicted molar refractivity (Wildman–Crippen MR) is 65.6 cm³/mol. The molecule has 1 aliphatic heterocycles. The summed E-state index contributed by atoms with van der Waals surface area (Å²) in [6.45, 7) is 3.82. The fraction of sp³-hybridized carbons (Fsp3) is 0.455. The molecule has 0 radical (unpaired) electrons. The van der Waals surface area contributed by atoms with Gasteiger partial charge in [-0.15, -0.1) is 0 Å². The van der Waals surface area contributed by atoms with Gasteiger partial charge >= 0.3 is 0 Å². The number of hydrogen-bond donors (Lipinski definition) is 0. The van der Waals surface area contributed by atoms with Gasteiger partial charge in [-0.2, -0.15) is 0 Å². The smallest absolute Gasteiger partial charge is 0.0875 e. The second kappa shape index (κ2) is 5.09. The molecule has 1 fully saturated rings. The highest BCUT2D eigenvalue weighted by Gasteiger charge is 2.19. The van der Waals surface area contributed by atoms with Gasteiger partial charge in [0.25, 0.3) is 0 Å². The van der Waals surface area contributed by atoms with Crippen LogP contribution in [0.2, 0.25) is 0 Å². The summed E-state index contributed by atoms with van der Waals surface area (Å²) < 4.78 is 5.82. The van der Waals surface area contributed by atoms with E-state index in [2.05, 4.69) is 57.8 Å². The second-order valence-corrected chi connectivity index (χ2v) is 4.57. The molecule has 0 spiro atoms. The number of alkyl halides is 1. The lowest BCUT2D eigenvalue weighted by atomic mass is 10.2. The summed E-state index contributed by atoms with van der Waals surface area (Å²) in [6.07, 6.45) is 0. The minimum atomic E-state index is 0.484. The molecule has 0 aromatic heterocycles. The Morgan fingerprint density at radius 3 is 2.43 bits per heavy atom. The fourth-order valence-electron chi connectivity index (χ4n) is 1.63. The maximum atomic E-state index is 5.34. The van der Waals surface area contributed by atoms with Crippen LogP contribution in [-0.4, -0.2) is 31.2 Å². The Hall–Kier alpha value is -0.130. The van der Waals surface area contributed by atoms with E-state index in [1.807, 2.05) is 0 Å². The van der Waals surface area contributed by atoms with Crippen molar-refractivity contribution in [3.63, 3.8) is 0 Å². The van der Waals surface area contributed by atoms with Crippen LogP contribution in [0.15, 0.2) is 30.3 Å². The van der Waals surface area contributed by atoms with Gasteiger partial charge in [0.05, 0.1) is 17.3 Å². The van der Waals surface area contributed by atoms with E-state index in [0.717, 1.165) is 26.3 Å². The Morgan fingerprint density at radius 1 is 1.14 bits per heavy atom. The van der Waals surface area contributed by atoms with E-state index in [4.69, 9.17) is 4.74 Å². The van der Waals surface area contributed by atoms with Gasteiger partial charge in [0.2, 0.25) is 0 Å². The molecule has 1 aliphatic rings. The molecular formula is C11H14INO. The fourth-order valence-corrected chi connectivity index (χ4v) is 2.60. The Kier molecular flexibility index (Phi) is 3.78. The first-order valence-corrected chi connectivity index (χ1v) is 6.13. The zero-order valence-corrected chi connectivity index (χ0v) is 10.2. The Balaban J connectivity index is 2.03. The van der Waals surface area contributed by atoms with E-state index in [0.29, 0.717) is 4.05 Å². The standard InChI is InChI=1S/C11H14INO/c12-11(10-4-2-1-3-5-10)13-6-8-14-9-7-13/h1-5,11H,6-9H2. The molecule has 2 nitrogen and oxygen atoms in total. The van der Waals surface area contributed by atoms with Crippen molar-refractivity contribution in [1.82, 2.24) is 4.90 Å². The number of ether oxygens (including phenoxy) is 1. The van der Waals surface area contributed by atoms with Crippen LogP contribution in [0.4, 0.5) is 0 Å². The molecule has 0 N–H and O–H groups in total. The van der Waals surface area contributed by atoms with E-state index in [9.17, 15) is 0 Å². The first kappa shape index (κ1) is 10.4. The molecule has 14 heavy (non-hydrogen) atoms. The maximum absolute atomic E-state index is 5.34. The van der Waals surface area contributed by atoms with Crippen molar-refractivity contribution in [3.05, 3.63) is 35.9 Å². The summed E-state index contributed by atoms with van der Waals surface area (Å²) in [4.78, 5) is 2.46. The predicted octanol–water partition coefficient (Wildman–Crippen LogP) is 2.45. The molecule has 0 bridgehead atoms. The van der Waals surface area contributed by atoms with Crippen molar-refractivity contribution >= 4 is 22.6 Å². The molecule has 1 aromatic carbocycles. The van der Waals surface area contributed by atoms with E-state index in [-0.39, 0.29) is 0 Å². The lowest BCUT2D eigenvalue weighted by molar-refractivity contribution is 0.0350. The van der Waals surface area contributed by atoms with Gasteiger partial charge in [0, 0.05) is 13.1 Å². The molecule has 1 saturated heterocycles. The molecule has 1 aromatic rings. The van der Waals surface area contributed by atoms with Gasteiger partial charge in [-0.3, -0.25) is 4.90 Å². The Labute approximate surface area is 98.4 Å². The summed E-state index contributed by atoms with van der Waals surface area (Å²) in [5, 5.41) is 0. The lowest BCUT2D eigenvalue weighted by Gasteiger charge is -2.31. The molecule has 2 rings (SSSR count). The highest BCUT2D eigenvalue weighted by molar-refractivity contribution is 14.1. The number of hydrogen-bond acceptors (Lipinski definition) is 2. The van der Waals surface area contributed by atoms with Crippen LogP contribution in [0.5, 0.6) is 0 Å². The van der Waals surface area contributed by atoms with Crippen LogP contribution in [-0.2, 0) is 4.74 Å². The monoisotopic (exact) mass is 303 g/mol. The van der Waals surface area contributed by atoms with Crippen molar-refractivity contribution in [2.45, 2.75) is 4.05 Å². The van der Waals surface area contributed by atoms with Crippen molar-refractivity contribution < 1.29 is 4.74 Å². The number of nitrogens with zero attached hydrogens (tertiary/aromatic N) is 1. The van der Waals surface area contributed by atoms with Crippen molar-refractivity contribution in [3.8, 4) is 0 Å². The largest absolute Gasteiger partial charge is 0.379 e. The van der Waals surface area contributed by atoms with Gasteiger partial charge in [-0.25, -0.2) is 0 Å². The van der Waals surface area contributed by atoms with E-state index < -0.39 is 0 Å². The Morgan fingerprint density at radius 2 is 1.79 bits per heavy atom. The highest BCUT2D eigenvalue weighted by Crippen LogP contribution is 2.27. The summed E-state index contributed by atoms with van der Waals surface area (Å²) >= 11 is 2.50. The zero-order chi connectivity index (χ0) is 9.80. The molecule has 1 heterocycles. The third-order valence-electron chi connectivity index (χ3n) is 2.44. The van der Waals surface area contributed by atoms with Crippen LogP contribution < -0.4 is 0 Å². The molecule has 0 saturated carbocycles. The minimum Gasteiger partial charge on any atom is -0.379 e. The Bertz CT molecular complexity index is 272. The van der Waals surface area contributed by atoms with Crippen LogP contribution in [0.25, 0.3) is 0 Å². The van der Waals surface area contributed by atoms with Gasteiger partial charge in [0.15, 0.2) is 0 Å². The normalized spacial score (nSPS) is 20.6. The third kappa shape index (κ3) is 2.46. The molecule has 1 unspecified atom stereocenters. The highest BCUT2D eigenvalue weighted by atomic mass is 127. The van der Waals surface area contributed by atoms with E-state index in [1.54, 1.807) is 0 Å². The van der Waals surface area contributed by atoms with Crippen molar-refractivity contribution in [2.75, 3.05) is 26.3 Å². The van der Waals surface area contributed by atoms with Crippen LogP contribution in [0.1, 0.15) is 9.61 Å². The first-order valence-electron chi connectivity index (χ1n) is 4.89. The maximum Gasteiger partial charge on any atom is 0.0875 e. The van der Waals surface area contributed by atoms with Crippen LogP contribution >= 0.6 is 22.6 Å². The number of morpholine rings is 1. The topological polar surface area (TPSA) is 12.5 Å². The molecule has 0 amide bonds. The molecule has 0 aliphatic carbocycles. The SMILES string of the molecule is IC(c1ccccc1)N1CCOCC1. The summed E-state index contributed by atoms with van der Waals surface area (Å²) in [6, 6.07) is 10.6. The minimum absolute atomic E-state index is 0.484. The summed E-state index contributed by atoms with van der Waals surface area (Å²) in [5.41, 5.74) is 1.38. The molecule has 76 valence electrons. The number of rotatable bonds is 2. The van der Waals surface area contributed by atoms with Crippen molar-refractivity contribution in [2.24, 2.45) is 0 Å². The van der Waals surface area contributed by atoms with Gasteiger partial charge in [-0.05, 0) is 5.56 Å². The van der Waals surface area contributed by atoms with Gasteiger partial charge in [-0.1, -0.05) is 52.9 Å². The van der Waals surface area contributed by atoms with Crippen LogP contribution in [0, 0.1) is 0 Å². The lowest BCUT2D eigenvalue weighted by Crippen LogP contribution is -2.36. The quantitative estimate of drug-likeness (QED) is 0.473. The molecule has 3 heteroatoms. The molecular weight excluding hydrogens is 289 g/mol. The average molecular weight is 303 g/mol. The van der Waals surface area contributed by atoms with E-state index in [1.165, 1.54) is 5.56 Å². The first-order chi connectivity index (χ1) is 6.88. The number of benzene rings is 1. The third-order valence-corrected chi connectivity index (χ3v) is 3.95. The van der Waals surface area contributed by atoms with Crippen LogP contribution in [0.3, 0.4) is 0 Å². The van der Waals surface area contributed by atoms with Crippen molar-refractivity contribution in [1.29, 1.82) is 0 Å². The summed E-state index contributed by atoms with van der Waals surface area (Å²) in [5.74, 6) is 0. The summed E-state index contributed by atoms with van der Waals surface area (Å²) in [7, 11) is 0. The van der Waals surface area contributed by atoms with E-state index >= 15 is 0 Å². The zero-order valence-electron chi connectivity index (χ0n) is 8.03.